The first kappa shape index (κ1) is 8.66. The van der Waals surface area contributed by atoms with E-state index >= 15 is 0 Å². The van der Waals surface area contributed by atoms with Crippen LogP contribution in [-0.2, 0) is 0 Å². The third kappa shape index (κ3) is 2.05. The standard InChI is InChI=1S/C10H15N3/c11-8-4-6-13-10(7-8)9-3-1-2-5-12-9/h1-3,5,8,10,13H,4,6-7,11H2/t8-,10+/m1/s1. The lowest BCUT2D eigenvalue weighted by atomic mass is 9.98. The number of nitrogens with one attached hydrogen (secondary N) is 1. The average Bonchev–Trinajstić information content (AvgIpc) is 2.19. The summed E-state index contributed by atoms with van der Waals surface area (Å²) in [7, 11) is 0. The van der Waals surface area contributed by atoms with Crippen LogP contribution in [0.5, 0.6) is 0 Å². The van der Waals surface area contributed by atoms with E-state index in [2.05, 4.69) is 16.4 Å². The Kier molecular flexibility index (Phi) is 2.57. The highest BCUT2D eigenvalue weighted by molar-refractivity contribution is 5.09. The Labute approximate surface area is 78.4 Å². The van der Waals surface area contributed by atoms with Gasteiger partial charge in [-0.2, -0.15) is 0 Å². The van der Waals surface area contributed by atoms with Gasteiger partial charge in [-0.25, -0.2) is 0 Å². The maximum absolute atomic E-state index is 5.89. The van der Waals surface area contributed by atoms with E-state index in [9.17, 15) is 0 Å². The van der Waals surface area contributed by atoms with Gasteiger partial charge in [-0.05, 0) is 31.5 Å². The molecule has 0 unspecified atom stereocenters. The minimum atomic E-state index is 0.327. The van der Waals surface area contributed by atoms with Gasteiger partial charge >= 0.3 is 0 Å². The monoisotopic (exact) mass is 177 g/mol. The lowest BCUT2D eigenvalue weighted by molar-refractivity contribution is 0.364. The number of aromatic nitrogens is 1. The lowest BCUT2D eigenvalue weighted by Crippen LogP contribution is -2.38. The van der Waals surface area contributed by atoms with E-state index in [4.69, 9.17) is 5.73 Å². The van der Waals surface area contributed by atoms with Crippen LogP contribution in [0.15, 0.2) is 24.4 Å². The molecule has 70 valence electrons. The maximum Gasteiger partial charge on any atom is 0.0573 e. The van der Waals surface area contributed by atoms with Crippen LogP contribution in [0.3, 0.4) is 0 Å². The summed E-state index contributed by atoms with van der Waals surface area (Å²) in [5.74, 6) is 0. The molecule has 1 aliphatic rings. The van der Waals surface area contributed by atoms with Gasteiger partial charge in [0.05, 0.1) is 11.7 Å². The molecule has 0 aromatic carbocycles. The van der Waals surface area contributed by atoms with Crippen molar-refractivity contribution in [1.29, 1.82) is 0 Å². The number of nitrogens with two attached hydrogens (primary N) is 1. The molecule has 0 spiro atoms. The molecule has 1 aliphatic heterocycles. The highest BCUT2D eigenvalue weighted by Crippen LogP contribution is 2.19. The molecule has 0 saturated carbocycles. The number of rotatable bonds is 1. The lowest BCUT2D eigenvalue weighted by Gasteiger charge is -2.27. The van der Waals surface area contributed by atoms with Crippen LogP contribution in [-0.4, -0.2) is 17.6 Å². The number of piperidine rings is 1. The first-order valence-electron chi connectivity index (χ1n) is 4.76. The molecule has 3 heteroatoms. The summed E-state index contributed by atoms with van der Waals surface area (Å²) in [6.45, 7) is 1.00. The second-order valence-electron chi connectivity index (χ2n) is 3.55. The van der Waals surface area contributed by atoms with E-state index in [1.54, 1.807) is 0 Å². The molecule has 2 heterocycles. The Balaban J connectivity index is 2.08. The zero-order valence-corrected chi connectivity index (χ0v) is 7.61. The predicted octanol–water partition coefficient (Wildman–Crippen LogP) is 0.833. The van der Waals surface area contributed by atoms with E-state index < -0.39 is 0 Å². The maximum atomic E-state index is 5.89. The van der Waals surface area contributed by atoms with Crippen molar-refractivity contribution in [3.05, 3.63) is 30.1 Å². The van der Waals surface area contributed by atoms with Crippen LogP contribution in [0.4, 0.5) is 0 Å². The molecule has 2 rings (SSSR count). The normalized spacial score (nSPS) is 28.7. The van der Waals surface area contributed by atoms with E-state index in [0.29, 0.717) is 12.1 Å². The summed E-state index contributed by atoms with van der Waals surface area (Å²) >= 11 is 0. The summed E-state index contributed by atoms with van der Waals surface area (Å²) in [4.78, 5) is 4.32. The Morgan fingerprint density at radius 2 is 2.38 bits per heavy atom. The predicted molar refractivity (Wildman–Crippen MR) is 52.2 cm³/mol. The summed E-state index contributed by atoms with van der Waals surface area (Å²) < 4.78 is 0. The number of hydrogen-bond donors (Lipinski definition) is 2. The molecule has 3 nitrogen and oxygen atoms in total. The summed E-state index contributed by atoms with van der Waals surface area (Å²) in [6, 6.07) is 6.68. The molecule has 1 fully saturated rings. The van der Waals surface area contributed by atoms with Gasteiger partial charge in [0.1, 0.15) is 0 Å². The van der Waals surface area contributed by atoms with Crippen molar-refractivity contribution in [2.75, 3.05) is 6.54 Å². The fraction of sp³-hybridized carbons (Fsp3) is 0.500. The van der Waals surface area contributed by atoms with Gasteiger partial charge in [-0.15, -0.1) is 0 Å². The minimum Gasteiger partial charge on any atom is -0.328 e. The Bertz CT molecular complexity index is 260. The third-order valence-corrected chi connectivity index (χ3v) is 2.49. The average molecular weight is 177 g/mol. The van der Waals surface area contributed by atoms with Gasteiger partial charge < -0.3 is 11.1 Å². The molecule has 0 radical (unpaired) electrons. The Morgan fingerprint density at radius 1 is 1.46 bits per heavy atom. The molecular weight excluding hydrogens is 162 g/mol. The van der Waals surface area contributed by atoms with Crippen molar-refractivity contribution in [2.24, 2.45) is 5.73 Å². The van der Waals surface area contributed by atoms with Crippen LogP contribution in [0.1, 0.15) is 24.6 Å². The van der Waals surface area contributed by atoms with E-state index in [-0.39, 0.29) is 0 Å². The van der Waals surface area contributed by atoms with Crippen molar-refractivity contribution in [1.82, 2.24) is 10.3 Å². The van der Waals surface area contributed by atoms with Crippen LogP contribution in [0.25, 0.3) is 0 Å². The highest BCUT2D eigenvalue weighted by atomic mass is 15.0. The van der Waals surface area contributed by atoms with Gasteiger partial charge in [0, 0.05) is 12.2 Å². The van der Waals surface area contributed by atoms with E-state index in [1.807, 2.05) is 18.3 Å². The molecule has 13 heavy (non-hydrogen) atoms. The zero-order valence-electron chi connectivity index (χ0n) is 7.61. The molecule has 0 bridgehead atoms. The van der Waals surface area contributed by atoms with Crippen LogP contribution >= 0.6 is 0 Å². The Morgan fingerprint density at radius 3 is 3.08 bits per heavy atom. The van der Waals surface area contributed by atoms with Crippen LogP contribution < -0.4 is 11.1 Å². The highest BCUT2D eigenvalue weighted by Gasteiger charge is 2.20. The van der Waals surface area contributed by atoms with Crippen molar-refractivity contribution in [2.45, 2.75) is 24.9 Å². The number of pyridine rings is 1. The molecule has 0 aliphatic carbocycles. The fourth-order valence-electron chi connectivity index (χ4n) is 1.75. The fourth-order valence-corrected chi connectivity index (χ4v) is 1.75. The van der Waals surface area contributed by atoms with Crippen molar-refractivity contribution in [3.63, 3.8) is 0 Å². The van der Waals surface area contributed by atoms with Gasteiger partial charge in [0.25, 0.3) is 0 Å². The molecule has 1 saturated heterocycles. The second-order valence-corrected chi connectivity index (χ2v) is 3.55. The molecular formula is C10H15N3. The van der Waals surface area contributed by atoms with Gasteiger partial charge in [0.2, 0.25) is 0 Å². The molecule has 0 amide bonds. The van der Waals surface area contributed by atoms with Crippen molar-refractivity contribution >= 4 is 0 Å². The second kappa shape index (κ2) is 3.85. The largest absolute Gasteiger partial charge is 0.328 e. The smallest absolute Gasteiger partial charge is 0.0573 e. The van der Waals surface area contributed by atoms with Gasteiger partial charge in [-0.1, -0.05) is 6.07 Å². The zero-order chi connectivity index (χ0) is 9.10. The SMILES string of the molecule is N[C@@H]1CCN[C@H](c2ccccn2)C1. The quantitative estimate of drug-likeness (QED) is 0.668. The number of nitrogens with zero attached hydrogens (tertiary/aromatic N) is 1. The topological polar surface area (TPSA) is 50.9 Å². The van der Waals surface area contributed by atoms with E-state index in [0.717, 1.165) is 25.1 Å². The molecule has 1 aromatic heterocycles. The van der Waals surface area contributed by atoms with Crippen LogP contribution in [0.2, 0.25) is 0 Å². The summed E-state index contributed by atoms with van der Waals surface area (Å²) in [5.41, 5.74) is 7.00. The summed E-state index contributed by atoms with van der Waals surface area (Å²) in [6.07, 6.45) is 3.90. The van der Waals surface area contributed by atoms with Gasteiger partial charge in [-0.3, -0.25) is 4.98 Å². The van der Waals surface area contributed by atoms with Crippen molar-refractivity contribution in [3.8, 4) is 0 Å². The van der Waals surface area contributed by atoms with E-state index in [1.165, 1.54) is 0 Å². The first-order valence-corrected chi connectivity index (χ1v) is 4.76. The molecule has 2 atom stereocenters. The third-order valence-electron chi connectivity index (χ3n) is 2.49. The summed E-state index contributed by atoms with van der Waals surface area (Å²) in [5, 5.41) is 3.42. The minimum absolute atomic E-state index is 0.327. The van der Waals surface area contributed by atoms with Crippen LogP contribution in [0, 0.1) is 0 Å². The van der Waals surface area contributed by atoms with Crippen molar-refractivity contribution < 1.29 is 0 Å². The molecule has 1 aromatic rings. The molecule has 3 N–H and O–H groups in total. The first-order chi connectivity index (χ1) is 6.36. The number of hydrogen-bond acceptors (Lipinski definition) is 3. The Hall–Kier alpha value is -0.930. The van der Waals surface area contributed by atoms with Gasteiger partial charge in [0.15, 0.2) is 0 Å².